The van der Waals surface area contributed by atoms with Gasteiger partial charge in [-0.05, 0) is 6.07 Å². The number of nitro benzene ring substituents is 1. The van der Waals surface area contributed by atoms with Crippen LogP contribution >= 0.6 is 0 Å². The van der Waals surface area contributed by atoms with Crippen LogP contribution in [0.25, 0.3) is 11.3 Å². The molecule has 0 bridgehead atoms. The summed E-state index contributed by atoms with van der Waals surface area (Å²) >= 11 is 0. The first-order valence-corrected chi connectivity index (χ1v) is 5.06. The average Bonchev–Trinajstić information content (AvgIpc) is 2.90. The fourth-order valence-electron chi connectivity index (χ4n) is 1.65. The van der Waals surface area contributed by atoms with Crippen LogP contribution in [0.5, 0.6) is 11.5 Å². The van der Waals surface area contributed by atoms with Gasteiger partial charge in [0.05, 0.1) is 37.4 Å². The highest BCUT2D eigenvalue weighted by Gasteiger charge is 2.22. The number of H-pyrrole nitrogens is 1. The van der Waals surface area contributed by atoms with Gasteiger partial charge in [-0.15, -0.1) is 0 Å². The number of rotatable bonds is 4. The molecule has 94 valence electrons. The summed E-state index contributed by atoms with van der Waals surface area (Å²) in [6.07, 6.45) is 3.07. The number of imidazole rings is 1. The number of ether oxygens (including phenoxy) is 2. The molecule has 1 aromatic carbocycles. The average molecular weight is 249 g/mol. The number of hydrogen-bond acceptors (Lipinski definition) is 5. The van der Waals surface area contributed by atoms with Crippen LogP contribution in [-0.2, 0) is 0 Å². The number of benzene rings is 1. The smallest absolute Gasteiger partial charge is 0.315 e. The molecule has 2 rings (SSSR count). The molecular weight excluding hydrogens is 238 g/mol. The minimum absolute atomic E-state index is 0.103. The molecule has 0 saturated carbocycles. The van der Waals surface area contributed by atoms with Crippen LogP contribution in [0.2, 0.25) is 0 Å². The SMILES string of the molecule is COc1cc(-c2cnc[nH]2)cc([N+](=O)[O-])c1OC. The number of nitrogens with one attached hydrogen (secondary N) is 1. The molecule has 0 atom stereocenters. The summed E-state index contributed by atoms with van der Waals surface area (Å²) < 4.78 is 10.1. The lowest BCUT2D eigenvalue weighted by atomic mass is 10.1. The standard InChI is InChI=1S/C11H11N3O4/c1-17-10-4-7(8-5-12-6-13-8)3-9(14(15)16)11(10)18-2/h3-6H,1-2H3,(H,12,13). The van der Waals surface area contributed by atoms with Gasteiger partial charge in [0.1, 0.15) is 0 Å². The van der Waals surface area contributed by atoms with E-state index in [4.69, 9.17) is 9.47 Å². The van der Waals surface area contributed by atoms with E-state index >= 15 is 0 Å². The Morgan fingerprint density at radius 2 is 2.11 bits per heavy atom. The Balaban J connectivity index is 2.64. The fraction of sp³-hybridized carbons (Fsp3) is 0.182. The van der Waals surface area contributed by atoms with Crippen LogP contribution in [0.1, 0.15) is 0 Å². The van der Waals surface area contributed by atoms with Gasteiger partial charge in [-0.1, -0.05) is 0 Å². The molecule has 0 fully saturated rings. The van der Waals surface area contributed by atoms with Gasteiger partial charge < -0.3 is 14.5 Å². The third kappa shape index (κ3) is 1.97. The summed E-state index contributed by atoms with van der Waals surface area (Å²) in [5.74, 6) is 0.405. The topological polar surface area (TPSA) is 90.3 Å². The molecule has 0 aliphatic carbocycles. The second kappa shape index (κ2) is 4.74. The van der Waals surface area contributed by atoms with Crippen molar-refractivity contribution >= 4 is 5.69 Å². The molecular formula is C11H11N3O4. The van der Waals surface area contributed by atoms with Crippen molar-refractivity contribution in [2.45, 2.75) is 0 Å². The zero-order valence-corrected chi connectivity index (χ0v) is 9.84. The Kier molecular flexibility index (Phi) is 3.13. The first-order chi connectivity index (χ1) is 8.67. The third-order valence-electron chi connectivity index (χ3n) is 2.47. The minimum Gasteiger partial charge on any atom is -0.493 e. The summed E-state index contributed by atoms with van der Waals surface area (Å²) in [6, 6.07) is 3.06. The summed E-state index contributed by atoms with van der Waals surface area (Å²) in [5, 5.41) is 11.0. The highest BCUT2D eigenvalue weighted by Crippen LogP contribution is 2.40. The predicted octanol–water partition coefficient (Wildman–Crippen LogP) is 2.00. The Bertz CT molecular complexity index is 566. The van der Waals surface area contributed by atoms with E-state index in [1.807, 2.05) is 0 Å². The molecule has 0 aliphatic heterocycles. The zero-order valence-electron chi connectivity index (χ0n) is 9.84. The maximum absolute atomic E-state index is 11.0. The summed E-state index contributed by atoms with van der Waals surface area (Å²) in [4.78, 5) is 17.3. The molecule has 0 amide bonds. The number of aromatic nitrogens is 2. The number of aromatic amines is 1. The largest absolute Gasteiger partial charge is 0.493 e. The molecule has 0 spiro atoms. The summed E-state index contributed by atoms with van der Waals surface area (Å²) in [5.41, 5.74) is 1.12. The molecule has 18 heavy (non-hydrogen) atoms. The zero-order chi connectivity index (χ0) is 13.1. The Hall–Kier alpha value is -2.57. The van der Waals surface area contributed by atoms with Crippen LogP contribution in [0.4, 0.5) is 5.69 Å². The van der Waals surface area contributed by atoms with Crippen molar-refractivity contribution in [1.82, 2.24) is 9.97 Å². The second-order valence-electron chi connectivity index (χ2n) is 3.45. The van der Waals surface area contributed by atoms with Gasteiger partial charge in [-0.3, -0.25) is 10.1 Å². The van der Waals surface area contributed by atoms with Gasteiger partial charge in [0, 0.05) is 11.6 Å². The molecule has 1 heterocycles. The van der Waals surface area contributed by atoms with Crippen molar-refractivity contribution in [2.24, 2.45) is 0 Å². The molecule has 2 aromatic rings. The van der Waals surface area contributed by atoms with E-state index in [-0.39, 0.29) is 11.4 Å². The van der Waals surface area contributed by atoms with Gasteiger partial charge in [0.2, 0.25) is 5.75 Å². The lowest BCUT2D eigenvalue weighted by molar-refractivity contribution is -0.385. The van der Waals surface area contributed by atoms with E-state index in [1.165, 1.54) is 26.6 Å². The molecule has 7 heteroatoms. The number of nitrogens with zero attached hydrogens (tertiary/aromatic N) is 2. The second-order valence-corrected chi connectivity index (χ2v) is 3.45. The summed E-state index contributed by atoms with van der Waals surface area (Å²) in [6.45, 7) is 0. The highest BCUT2D eigenvalue weighted by atomic mass is 16.6. The lowest BCUT2D eigenvalue weighted by Gasteiger charge is -2.09. The molecule has 0 saturated heterocycles. The van der Waals surface area contributed by atoms with Gasteiger partial charge in [0.15, 0.2) is 5.75 Å². The van der Waals surface area contributed by atoms with E-state index in [2.05, 4.69) is 9.97 Å². The molecule has 0 aliphatic rings. The van der Waals surface area contributed by atoms with Crippen molar-refractivity contribution in [3.63, 3.8) is 0 Å². The maximum Gasteiger partial charge on any atom is 0.315 e. The molecule has 7 nitrogen and oxygen atoms in total. The fourth-order valence-corrected chi connectivity index (χ4v) is 1.65. The predicted molar refractivity (Wildman–Crippen MR) is 63.8 cm³/mol. The van der Waals surface area contributed by atoms with Gasteiger partial charge in [-0.2, -0.15) is 0 Å². The van der Waals surface area contributed by atoms with Crippen molar-refractivity contribution < 1.29 is 14.4 Å². The molecule has 1 aromatic heterocycles. The summed E-state index contributed by atoms with van der Waals surface area (Å²) in [7, 11) is 2.79. The number of hydrogen-bond donors (Lipinski definition) is 1. The first kappa shape index (κ1) is 11.9. The third-order valence-corrected chi connectivity index (χ3v) is 2.47. The van der Waals surface area contributed by atoms with Crippen LogP contribution in [0.15, 0.2) is 24.7 Å². The van der Waals surface area contributed by atoms with Crippen LogP contribution < -0.4 is 9.47 Å². The number of nitro groups is 1. The van der Waals surface area contributed by atoms with Crippen molar-refractivity contribution in [3.05, 3.63) is 34.8 Å². The normalized spacial score (nSPS) is 10.1. The van der Waals surface area contributed by atoms with Gasteiger partial charge in [-0.25, -0.2) is 4.98 Å². The van der Waals surface area contributed by atoms with Crippen LogP contribution in [0, 0.1) is 10.1 Å². The molecule has 0 unspecified atom stereocenters. The quantitative estimate of drug-likeness (QED) is 0.661. The van der Waals surface area contributed by atoms with Crippen molar-refractivity contribution in [3.8, 4) is 22.8 Å². The van der Waals surface area contributed by atoms with Gasteiger partial charge >= 0.3 is 5.69 Å². The van der Waals surface area contributed by atoms with E-state index in [0.717, 1.165) is 0 Å². The Morgan fingerprint density at radius 3 is 2.61 bits per heavy atom. The van der Waals surface area contributed by atoms with Gasteiger partial charge in [0.25, 0.3) is 0 Å². The lowest BCUT2D eigenvalue weighted by Crippen LogP contribution is -1.98. The van der Waals surface area contributed by atoms with E-state index in [1.54, 1.807) is 12.3 Å². The van der Waals surface area contributed by atoms with E-state index in [9.17, 15) is 10.1 Å². The molecule has 1 N–H and O–H groups in total. The van der Waals surface area contributed by atoms with E-state index in [0.29, 0.717) is 17.0 Å². The number of methoxy groups -OCH3 is 2. The molecule has 0 radical (unpaired) electrons. The highest BCUT2D eigenvalue weighted by molar-refractivity contribution is 5.70. The van der Waals surface area contributed by atoms with Crippen molar-refractivity contribution in [1.29, 1.82) is 0 Å². The Labute approximate surface area is 103 Å². The van der Waals surface area contributed by atoms with Crippen LogP contribution in [-0.4, -0.2) is 29.1 Å². The first-order valence-electron chi connectivity index (χ1n) is 5.06. The Morgan fingerprint density at radius 1 is 1.33 bits per heavy atom. The van der Waals surface area contributed by atoms with Crippen molar-refractivity contribution in [2.75, 3.05) is 14.2 Å². The monoisotopic (exact) mass is 249 g/mol. The van der Waals surface area contributed by atoms with Crippen LogP contribution in [0.3, 0.4) is 0 Å². The van der Waals surface area contributed by atoms with E-state index < -0.39 is 4.92 Å². The minimum atomic E-state index is -0.513. The maximum atomic E-state index is 11.0.